The lowest BCUT2D eigenvalue weighted by atomic mass is 9.91. The van der Waals surface area contributed by atoms with Crippen molar-refractivity contribution in [2.45, 2.75) is 52.2 Å². The van der Waals surface area contributed by atoms with E-state index in [1.165, 1.54) is 12.1 Å². The Kier molecular flexibility index (Phi) is 5.81. The van der Waals surface area contributed by atoms with E-state index in [9.17, 15) is 13.9 Å². The number of pyridine rings is 1. The number of nitrogens with zero attached hydrogens (tertiary/aromatic N) is 3. The van der Waals surface area contributed by atoms with Crippen LogP contribution in [0.4, 0.5) is 19.0 Å². The third kappa shape index (κ3) is 4.00. The number of alkyl halides is 2. The van der Waals surface area contributed by atoms with Crippen LogP contribution in [0.15, 0.2) is 28.9 Å². The predicted octanol–water partition coefficient (Wildman–Crippen LogP) is 5.58. The van der Waals surface area contributed by atoms with E-state index >= 15 is 4.39 Å². The van der Waals surface area contributed by atoms with Gasteiger partial charge in [0.15, 0.2) is 0 Å². The number of aryl methyl sites for hydroxylation is 2. The molecule has 5 nitrogen and oxygen atoms in total. The zero-order valence-electron chi connectivity index (χ0n) is 17.2. The molecule has 1 aromatic carbocycles. The van der Waals surface area contributed by atoms with Crippen molar-refractivity contribution in [3.05, 3.63) is 57.3 Å². The van der Waals surface area contributed by atoms with Crippen LogP contribution in [0.3, 0.4) is 0 Å². The largest absolute Gasteiger partial charge is 0.384 e. The van der Waals surface area contributed by atoms with Gasteiger partial charge in [-0.15, -0.1) is 0 Å². The quantitative estimate of drug-likeness (QED) is 0.464. The number of rotatable bonds is 5. The average Bonchev–Trinajstić information content (AvgIpc) is 2.61. The van der Waals surface area contributed by atoms with Crippen molar-refractivity contribution in [1.29, 1.82) is 0 Å². The van der Waals surface area contributed by atoms with E-state index in [4.69, 9.17) is 0 Å². The van der Waals surface area contributed by atoms with Crippen LogP contribution in [-0.4, -0.2) is 25.7 Å². The minimum atomic E-state index is -3.77. The van der Waals surface area contributed by atoms with E-state index in [-0.39, 0.29) is 5.56 Å². The first-order chi connectivity index (χ1) is 13.8. The number of aromatic nitrogens is 3. The van der Waals surface area contributed by atoms with E-state index in [0.29, 0.717) is 32.8 Å². The van der Waals surface area contributed by atoms with Crippen LogP contribution >= 0.6 is 15.9 Å². The molecule has 0 bridgehead atoms. The second kappa shape index (κ2) is 7.77. The normalized spacial score (nSPS) is 13.5. The molecular weight excluding hydrogens is 461 g/mol. The number of hydrogen-bond acceptors (Lipinski definition) is 5. The molecule has 2 N–H and O–H groups in total. The summed E-state index contributed by atoms with van der Waals surface area (Å²) in [5.74, 6) is -3.90. The van der Waals surface area contributed by atoms with Gasteiger partial charge in [-0.2, -0.15) is 8.78 Å². The van der Waals surface area contributed by atoms with Gasteiger partial charge in [0.05, 0.1) is 22.8 Å². The summed E-state index contributed by atoms with van der Waals surface area (Å²) < 4.78 is 44.9. The summed E-state index contributed by atoms with van der Waals surface area (Å²) in [5.41, 5.74) is -1.90. The van der Waals surface area contributed by atoms with Crippen LogP contribution in [0.5, 0.6) is 0 Å². The highest BCUT2D eigenvalue weighted by atomic mass is 79.9. The van der Waals surface area contributed by atoms with E-state index in [2.05, 4.69) is 36.2 Å². The lowest BCUT2D eigenvalue weighted by Gasteiger charge is -2.30. The van der Waals surface area contributed by atoms with Crippen molar-refractivity contribution in [2.75, 3.05) is 5.32 Å². The SMILES string of the molecule is Cc1nc(N[C@H](C)c2cccc(C(F)(F)C(C)(C)O)c2F)c2cc(Br)nc(C)c2n1. The average molecular weight is 483 g/mol. The molecule has 0 aliphatic heterocycles. The third-order valence-electron chi connectivity index (χ3n) is 4.89. The number of fused-ring (bicyclic) bond motifs is 1. The van der Waals surface area contributed by atoms with E-state index in [1.54, 1.807) is 19.9 Å². The van der Waals surface area contributed by atoms with E-state index in [0.717, 1.165) is 19.9 Å². The molecule has 0 spiro atoms. The molecule has 30 heavy (non-hydrogen) atoms. The Balaban J connectivity index is 2.06. The molecule has 2 heterocycles. The number of benzene rings is 1. The molecule has 0 saturated heterocycles. The highest BCUT2D eigenvalue weighted by molar-refractivity contribution is 9.10. The smallest absolute Gasteiger partial charge is 0.303 e. The molecule has 0 amide bonds. The van der Waals surface area contributed by atoms with Gasteiger partial charge in [0, 0.05) is 10.9 Å². The van der Waals surface area contributed by atoms with Crippen LogP contribution in [0, 0.1) is 19.7 Å². The molecule has 0 radical (unpaired) electrons. The molecule has 0 fully saturated rings. The Labute approximate surface area is 180 Å². The minimum absolute atomic E-state index is 0.0330. The fourth-order valence-electron chi connectivity index (χ4n) is 3.21. The minimum Gasteiger partial charge on any atom is -0.384 e. The van der Waals surface area contributed by atoms with Crippen LogP contribution < -0.4 is 5.32 Å². The second-order valence-corrected chi connectivity index (χ2v) is 8.57. The highest BCUT2D eigenvalue weighted by Gasteiger charge is 2.49. The summed E-state index contributed by atoms with van der Waals surface area (Å²) in [4.78, 5) is 13.1. The van der Waals surface area contributed by atoms with E-state index in [1.807, 2.05) is 6.92 Å². The molecule has 160 valence electrons. The Morgan fingerprint density at radius 1 is 1.13 bits per heavy atom. The monoisotopic (exact) mass is 482 g/mol. The first-order valence-corrected chi connectivity index (χ1v) is 10.1. The number of aliphatic hydroxyl groups is 1. The fourth-order valence-corrected chi connectivity index (χ4v) is 3.70. The van der Waals surface area contributed by atoms with Crippen LogP contribution in [0.1, 0.15) is 49.5 Å². The van der Waals surface area contributed by atoms with Gasteiger partial charge in [-0.25, -0.2) is 19.3 Å². The Hall–Kier alpha value is -2.26. The molecule has 3 aromatic rings. The van der Waals surface area contributed by atoms with Crippen LogP contribution in [0.25, 0.3) is 10.9 Å². The molecule has 0 unspecified atom stereocenters. The van der Waals surface area contributed by atoms with Gasteiger partial charge in [-0.05, 0) is 62.7 Å². The Bertz CT molecular complexity index is 1120. The van der Waals surface area contributed by atoms with Crippen LogP contribution in [0.2, 0.25) is 0 Å². The summed E-state index contributed by atoms with van der Waals surface area (Å²) >= 11 is 3.35. The van der Waals surface area contributed by atoms with Gasteiger partial charge in [-0.3, -0.25) is 0 Å². The predicted molar refractivity (Wildman–Crippen MR) is 113 cm³/mol. The molecule has 2 aromatic heterocycles. The summed E-state index contributed by atoms with van der Waals surface area (Å²) in [6.45, 7) is 7.09. The van der Waals surface area contributed by atoms with Gasteiger partial charge >= 0.3 is 5.92 Å². The molecule has 9 heteroatoms. The van der Waals surface area contributed by atoms with Crippen molar-refractivity contribution < 1.29 is 18.3 Å². The standard InChI is InChI=1S/C21H22BrF3N4O/c1-10(13-7-6-8-15(17(13)23)21(24,25)20(4,5)30)27-19-14-9-16(22)26-11(2)18(14)28-12(3)29-19/h6-10,30H,1-5H3,(H,27,28,29)/t10-/m1/s1. The second-order valence-electron chi connectivity index (χ2n) is 7.75. The van der Waals surface area contributed by atoms with Crippen molar-refractivity contribution in [3.63, 3.8) is 0 Å². The molecule has 1 atom stereocenters. The summed E-state index contributed by atoms with van der Waals surface area (Å²) in [6, 6.07) is 4.81. The molecular formula is C21H22BrF3N4O. The number of hydrogen-bond donors (Lipinski definition) is 2. The molecule has 0 saturated carbocycles. The van der Waals surface area contributed by atoms with Gasteiger partial charge < -0.3 is 10.4 Å². The zero-order chi connectivity index (χ0) is 22.4. The van der Waals surface area contributed by atoms with Gasteiger partial charge in [0.2, 0.25) is 0 Å². The first kappa shape index (κ1) is 22.4. The molecule has 0 aliphatic rings. The summed E-state index contributed by atoms with van der Waals surface area (Å²) in [5, 5.41) is 13.6. The maximum atomic E-state index is 15.1. The van der Waals surface area contributed by atoms with Crippen molar-refractivity contribution in [1.82, 2.24) is 15.0 Å². The Morgan fingerprint density at radius 2 is 1.80 bits per heavy atom. The maximum absolute atomic E-state index is 15.1. The van der Waals surface area contributed by atoms with Crippen LogP contribution in [-0.2, 0) is 5.92 Å². The van der Waals surface area contributed by atoms with E-state index < -0.39 is 28.9 Å². The van der Waals surface area contributed by atoms with Gasteiger partial charge in [0.1, 0.15) is 27.7 Å². The molecule has 0 aliphatic carbocycles. The number of nitrogens with one attached hydrogen (secondary N) is 1. The Morgan fingerprint density at radius 3 is 2.43 bits per heavy atom. The van der Waals surface area contributed by atoms with Crippen molar-refractivity contribution >= 4 is 32.7 Å². The van der Waals surface area contributed by atoms with Gasteiger partial charge in [0.25, 0.3) is 0 Å². The highest BCUT2D eigenvalue weighted by Crippen LogP contribution is 2.41. The maximum Gasteiger partial charge on any atom is 0.303 e. The van der Waals surface area contributed by atoms with Crippen molar-refractivity contribution in [2.24, 2.45) is 0 Å². The summed E-state index contributed by atoms with van der Waals surface area (Å²) in [6.07, 6.45) is 0. The fraction of sp³-hybridized carbons (Fsp3) is 0.381. The lowest BCUT2D eigenvalue weighted by Crippen LogP contribution is -2.41. The summed E-state index contributed by atoms with van der Waals surface area (Å²) in [7, 11) is 0. The third-order valence-corrected chi connectivity index (χ3v) is 5.30. The van der Waals surface area contributed by atoms with Crippen molar-refractivity contribution in [3.8, 4) is 0 Å². The number of anilines is 1. The number of halogens is 4. The molecule has 3 rings (SSSR count). The first-order valence-electron chi connectivity index (χ1n) is 9.30. The zero-order valence-corrected chi connectivity index (χ0v) is 18.8. The lowest BCUT2D eigenvalue weighted by molar-refractivity contribution is -0.170. The topological polar surface area (TPSA) is 70.9 Å². The van der Waals surface area contributed by atoms with Gasteiger partial charge in [-0.1, -0.05) is 12.1 Å².